The molecule has 10 nitrogen and oxygen atoms in total. The predicted molar refractivity (Wildman–Crippen MR) is 124 cm³/mol. The van der Waals surface area contributed by atoms with Crippen LogP contribution in [0.4, 0.5) is 0 Å². The van der Waals surface area contributed by atoms with Gasteiger partial charge in [-0.1, -0.05) is 0 Å². The highest BCUT2D eigenvalue weighted by molar-refractivity contribution is 5.95. The number of ether oxygens (including phenoxy) is 3. The number of carbonyl (C=O) groups excluding carboxylic acids is 1. The Hall–Kier alpha value is -3.53. The van der Waals surface area contributed by atoms with E-state index in [0.717, 1.165) is 54.8 Å². The predicted octanol–water partition coefficient (Wildman–Crippen LogP) is 2.50. The number of nitrogens with one attached hydrogen (secondary N) is 1. The summed E-state index contributed by atoms with van der Waals surface area (Å²) in [7, 11) is 4.91. The molecule has 0 spiro atoms. The molecule has 2 aromatic heterocycles. The molecule has 0 radical (unpaired) electrons. The van der Waals surface area contributed by atoms with Crippen LogP contribution in [0, 0.1) is 13.8 Å². The van der Waals surface area contributed by atoms with Crippen LogP contribution < -0.4 is 19.5 Å². The average molecular weight is 470 g/mol. The van der Waals surface area contributed by atoms with E-state index in [1.807, 2.05) is 19.1 Å². The van der Waals surface area contributed by atoms with Gasteiger partial charge in [-0.15, -0.1) is 10.2 Å². The summed E-state index contributed by atoms with van der Waals surface area (Å²) in [5.74, 6) is 4.94. The van der Waals surface area contributed by atoms with E-state index in [4.69, 9.17) is 18.6 Å². The molecule has 0 saturated heterocycles. The third kappa shape index (κ3) is 4.86. The largest absolute Gasteiger partial charge is 0.496 e. The number of amides is 1. The summed E-state index contributed by atoms with van der Waals surface area (Å²) in [6, 6.07) is 5.48. The van der Waals surface area contributed by atoms with Gasteiger partial charge in [-0.25, -0.2) is 0 Å². The maximum absolute atomic E-state index is 12.6. The van der Waals surface area contributed by atoms with Crippen LogP contribution in [0.25, 0.3) is 0 Å². The molecule has 0 aliphatic carbocycles. The van der Waals surface area contributed by atoms with Crippen LogP contribution in [0.5, 0.6) is 17.2 Å². The Morgan fingerprint density at radius 1 is 1.03 bits per heavy atom. The highest BCUT2D eigenvalue weighted by Gasteiger charge is 2.22. The molecule has 1 aromatic carbocycles. The number of fused-ring (bicyclic) bond motifs is 1. The molecule has 0 unspecified atom stereocenters. The normalized spacial score (nSPS) is 13.8. The molecule has 0 atom stereocenters. The monoisotopic (exact) mass is 469 g/mol. The van der Waals surface area contributed by atoms with Gasteiger partial charge in [-0.2, -0.15) is 0 Å². The summed E-state index contributed by atoms with van der Waals surface area (Å²) < 4.78 is 24.1. The first-order valence-corrected chi connectivity index (χ1v) is 11.2. The van der Waals surface area contributed by atoms with Gasteiger partial charge in [0.2, 0.25) is 0 Å². The van der Waals surface area contributed by atoms with Gasteiger partial charge in [0.1, 0.15) is 34.6 Å². The zero-order valence-electron chi connectivity index (χ0n) is 20.3. The molecule has 10 heteroatoms. The summed E-state index contributed by atoms with van der Waals surface area (Å²) in [4.78, 5) is 14.9. The van der Waals surface area contributed by atoms with Crippen LogP contribution in [0.15, 0.2) is 22.6 Å². The lowest BCUT2D eigenvalue weighted by Gasteiger charge is -2.23. The van der Waals surface area contributed by atoms with E-state index >= 15 is 0 Å². The summed E-state index contributed by atoms with van der Waals surface area (Å²) in [6.07, 6.45) is 0.752. The minimum atomic E-state index is -0.180. The highest BCUT2D eigenvalue weighted by Crippen LogP contribution is 2.35. The van der Waals surface area contributed by atoms with Gasteiger partial charge >= 0.3 is 0 Å². The van der Waals surface area contributed by atoms with Crippen molar-refractivity contribution in [3.05, 3.63) is 52.5 Å². The molecule has 0 saturated carbocycles. The van der Waals surface area contributed by atoms with Crippen molar-refractivity contribution in [1.82, 2.24) is 25.0 Å². The Labute approximate surface area is 198 Å². The number of nitrogens with zero attached hydrogens (tertiary/aromatic N) is 4. The van der Waals surface area contributed by atoms with E-state index in [1.54, 1.807) is 34.3 Å². The molecule has 34 heavy (non-hydrogen) atoms. The van der Waals surface area contributed by atoms with Crippen LogP contribution >= 0.6 is 0 Å². The van der Waals surface area contributed by atoms with E-state index in [2.05, 4.69) is 25.0 Å². The topological polar surface area (TPSA) is 104 Å². The minimum Gasteiger partial charge on any atom is -0.496 e. The van der Waals surface area contributed by atoms with Gasteiger partial charge in [0.25, 0.3) is 5.91 Å². The fourth-order valence-electron chi connectivity index (χ4n) is 4.28. The third-order valence-corrected chi connectivity index (χ3v) is 6.09. The summed E-state index contributed by atoms with van der Waals surface area (Å²) in [6.45, 7) is 6.91. The number of rotatable bonds is 8. The maximum Gasteiger partial charge on any atom is 0.255 e. The number of furan rings is 1. The molecule has 3 aromatic rings. The molecular formula is C24H31N5O5. The summed E-state index contributed by atoms with van der Waals surface area (Å²) >= 11 is 0. The number of hydrogen-bond acceptors (Lipinski definition) is 8. The average Bonchev–Trinajstić information content (AvgIpc) is 3.32. The Bertz CT molecular complexity index is 1140. The first-order valence-electron chi connectivity index (χ1n) is 11.2. The molecule has 3 heterocycles. The molecule has 1 N–H and O–H groups in total. The molecule has 0 fully saturated rings. The first kappa shape index (κ1) is 23.6. The molecular weight excluding hydrogens is 438 g/mol. The van der Waals surface area contributed by atoms with Gasteiger partial charge in [-0.3, -0.25) is 9.69 Å². The zero-order chi connectivity index (χ0) is 24.2. The lowest BCUT2D eigenvalue weighted by molar-refractivity contribution is 0.0948. The van der Waals surface area contributed by atoms with Crippen molar-refractivity contribution in [3.63, 3.8) is 0 Å². The minimum absolute atomic E-state index is 0.180. The summed E-state index contributed by atoms with van der Waals surface area (Å²) in [5.41, 5.74) is 1.52. The van der Waals surface area contributed by atoms with Crippen molar-refractivity contribution in [2.24, 2.45) is 0 Å². The van der Waals surface area contributed by atoms with Crippen LogP contribution in [-0.2, 0) is 26.1 Å². The molecule has 182 valence electrons. The van der Waals surface area contributed by atoms with Crippen molar-refractivity contribution in [2.75, 3.05) is 34.4 Å². The van der Waals surface area contributed by atoms with Crippen molar-refractivity contribution in [3.8, 4) is 17.2 Å². The van der Waals surface area contributed by atoms with Gasteiger partial charge in [0, 0.05) is 44.7 Å². The van der Waals surface area contributed by atoms with E-state index in [-0.39, 0.29) is 5.91 Å². The second-order valence-electron chi connectivity index (χ2n) is 8.23. The van der Waals surface area contributed by atoms with Crippen LogP contribution in [-0.4, -0.2) is 60.0 Å². The lowest BCUT2D eigenvalue weighted by Crippen LogP contribution is -2.28. The van der Waals surface area contributed by atoms with Crippen molar-refractivity contribution >= 4 is 5.91 Å². The second-order valence-corrected chi connectivity index (χ2v) is 8.23. The van der Waals surface area contributed by atoms with Gasteiger partial charge in [0.05, 0.1) is 39.0 Å². The fraction of sp³-hybridized carbons (Fsp3) is 0.458. The molecule has 4 rings (SSSR count). The molecule has 0 bridgehead atoms. The Balaban J connectivity index is 1.43. The lowest BCUT2D eigenvalue weighted by atomic mass is 10.1. The van der Waals surface area contributed by atoms with Gasteiger partial charge in [0.15, 0.2) is 5.82 Å². The van der Waals surface area contributed by atoms with E-state index in [9.17, 15) is 4.79 Å². The van der Waals surface area contributed by atoms with Crippen LogP contribution in [0.3, 0.4) is 0 Å². The third-order valence-electron chi connectivity index (χ3n) is 6.09. The molecule has 1 amide bonds. The standard InChI is InChI=1S/C24H31N5O5/c1-15-10-18(16(2)34-15)24(30)25-13-23-27-26-22-6-7-28(8-9-29(22)23)14-19-20(32-4)11-17(31-3)12-21(19)33-5/h10-12H,6-9,13-14H2,1-5H3,(H,25,30). The number of methoxy groups -OCH3 is 3. The van der Waals surface area contributed by atoms with E-state index in [0.29, 0.717) is 35.9 Å². The van der Waals surface area contributed by atoms with Crippen molar-refractivity contribution < 1.29 is 23.4 Å². The maximum atomic E-state index is 12.6. The van der Waals surface area contributed by atoms with Crippen LogP contribution in [0.1, 0.15) is 39.1 Å². The van der Waals surface area contributed by atoms with Gasteiger partial charge in [-0.05, 0) is 19.9 Å². The van der Waals surface area contributed by atoms with Crippen LogP contribution in [0.2, 0.25) is 0 Å². The molecule has 1 aliphatic heterocycles. The summed E-state index contributed by atoms with van der Waals surface area (Å²) in [5, 5.41) is 11.6. The number of aromatic nitrogens is 3. The fourth-order valence-corrected chi connectivity index (χ4v) is 4.28. The van der Waals surface area contributed by atoms with Crippen molar-refractivity contribution in [2.45, 2.75) is 39.9 Å². The Kier molecular flexibility index (Phi) is 7.06. The van der Waals surface area contributed by atoms with E-state index in [1.165, 1.54) is 0 Å². The van der Waals surface area contributed by atoms with Gasteiger partial charge < -0.3 is 28.5 Å². The molecule has 1 aliphatic rings. The Morgan fingerprint density at radius 2 is 1.76 bits per heavy atom. The van der Waals surface area contributed by atoms with Crippen molar-refractivity contribution in [1.29, 1.82) is 0 Å². The number of carbonyl (C=O) groups is 1. The quantitative estimate of drug-likeness (QED) is 0.537. The number of aryl methyl sites for hydroxylation is 2. The number of hydrogen-bond donors (Lipinski definition) is 1. The SMILES string of the molecule is COc1cc(OC)c(CN2CCc3nnc(CNC(=O)c4cc(C)oc4C)n3CC2)c(OC)c1. The highest BCUT2D eigenvalue weighted by atomic mass is 16.5. The Morgan fingerprint density at radius 3 is 2.38 bits per heavy atom. The first-order chi connectivity index (χ1) is 16.4. The van der Waals surface area contributed by atoms with E-state index < -0.39 is 0 Å². The zero-order valence-corrected chi connectivity index (χ0v) is 20.3. The second kappa shape index (κ2) is 10.2. The smallest absolute Gasteiger partial charge is 0.255 e. The number of benzene rings is 1.